The average molecular weight is 329 g/mol. The monoisotopic (exact) mass is 328 g/mol. The molecular weight excluding hydrogens is 327 g/mol. The molecule has 2 aromatic rings. The second kappa shape index (κ2) is 4.06. The highest BCUT2D eigenvalue weighted by molar-refractivity contribution is 9.10. The van der Waals surface area contributed by atoms with Crippen molar-refractivity contribution in [2.75, 3.05) is 0 Å². The summed E-state index contributed by atoms with van der Waals surface area (Å²) < 4.78 is 50.4. The molecule has 1 aromatic carbocycles. The number of rotatable bonds is 0. The predicted molar refractivity (Wildman–Crippen MR) is 57.2 cm³/mol. The highest BCUT2D eigenvalue weighted by atomic mass is 79.9. The van der Waals surface area contributed by atoms with Crippen LogP contribution in [0.5, 0.6) is 0 Å². The van der Waals surface area contributed by atoms with Gasteiger partial charge in [0, 0.05) is 11.5 Å². The molecule has 0 saturated carbocycles. The number of hydrogen-bond acceptors (Lipinski definition) is 2. The van der Waals surface area contributed by atoms with Gasteiger partial charge in [-0.3, -0.25) is 0 Å². The molecule has 0 atom stereocenters. The van der Waals surface area contributed by atoms with Crippen molar-refractivity contribution in [2.45, 2.75) is 6.18 Å². The third-order valence-electron chi connectivity index (χ3n) is 1.94. The molecule has 0 fully saturated rings. The van der Waals surface area contributed by atoms with Crippen molar-refractivity contribution in [2.24, 2.45) is 0 Å². The van der Waals surface area contributed by atoms with Crippen molar-refractivity contribution in [3.05, 3.63) is 33.4 Å². The molecule has 2 rings (SSSR count). The first kappa shape index (κ1) is 12.5. The fourth-order valence-corrected chi connectivity index (χ4v) is 1.79. The molecule has 90 valence electrons. The van der Waals surface area contributed by atoms with E-state index >= 15 is 0 Å². The van der Waals surface area contributed by atoms with Gasteiger partial charge in [0.05, 0.1) is 9.99 Å². The van der Waals surface area contributed by atoms with Gasteiger partial charge in [-0.2, -0.15) is 13.2 Å². The Hall–Kier alpha value is -0.950. The van der Waals surface area contributed by atoms with Gasteiger partial charge >= 0.3 is 6.18 Å². The summed E-state index contributed by atoms with van der Waals surface area (Å²) in [5.41, 5.74) is -0.196. The van der Waals surface area contributed by atoms with Gasteiger partial charge in [-0.15, -0.1) is 0 Å². The fraction of sp³-hybridized carbons (Fsp3) is 0.111. The lowest BCUT2D eigenvalue weighted by atomic mass is 10.2. The van der Waals surface area contributed by atoms with Crippen LogP contribution in [0.3, 0.4) is 0 Å². The summed E-state index contributed by atoms with van der Waals surface area (Å²) in [5, 5.41) is -0.226. The van der Waals surface area contributed by atoms with E-state index in [-0.39, 0.29) is 20.5 Å². The molecule has 0 unspecified atom stereocenters. The van der Waals surface area contributed by atoms with E-state index in [1.54, 1.807) is 0 Å². The quantitative estimate of drug-likeness (QED) is 0.535. The largest absolute Gasteiger partial charge is 0.451 e. The van der Waals surface area contributed by atoms with E-state index < -0.39 is 17.8 Å². The molecule has 1 aromatic heterocycles. The number of aromatic nitrogens is 2. The zero-order valence-electron chi connectivity index (χ0n) is 7.82. The lowest BCUT2D eigenvalue weighted by Gasteiger charge is -2.07. The molecule has 0 aliphatic heterocycles. The average Bonchev–Trinajstić information content (AvgIpc) is 2.19. The third kappa shape index (κ3) is 2.35. The zero-order valence-corrected chi connectivity index (χ0v) is 10.2. The van der Waals surface area contributed by atoms with Crippen LogP contribution in [0.1, 0.15) is 5.82 Å². The van der Waals surface area contributed by atoms with Crippen LogP contribution >= 0.6 is 27.5 Å². The molecule has 0 spiro atoms. The number of alkyl halides is 3. The topological polar surface area (TPSA) is 25.8 Å². The van der Waals surface area contributed by atoms with Gasteiger partial charge in [0.1, 0.15) is 11.0 Å². The van der Waals surface area contributed by atoms with Crippen molar-refractivity contribution in [3.63, 3.8) is 0 Å². The van der Waals surface area contributed by atoms with Gasteiger partial charge in [-0.05, 0) is 22.0 Å². The van der Waals surface area contributed by atoms with Crippen molar-refractivity contribution in [1.29, 1.82) is 0 Å². The number of benzene rings is 1. The Morgan fingerprint density at radius 1 is 1.18 bits per heavy atom. The molecular formula is C9H2BrClF4N2. The van der Waals surface area contributed by atoms with Crippen molar-refractivity contribution in [1.82, 2.24) is 9.97 Å². The summed E-state index contributed by atoms with van der Waals surface area (Å²) in [6.07, 6.45) is -4.72. The molecule has 0 bridgehead atoms. The number of fused-ring (bicyclic) bond motifs is 1. The SMILES string of the molecule is Fc1cc2nc(C(F)(F)F)nc(Cl)c2cc1Br. The second-order valence-corrected chi connectivity index (χ2v) is 4.33. The first-order valence-electron chi connectivity index (χ1n) is 4.18. The Bertz CT molecular complexity index is 600. The Morgan fingerprint density at radius 3 is 2.41 bits per heavy atom. The summed E-state index contributed by atoms with van der Waals surface area (Å²) in [6, 6.07) is 2.09. The van der Waals surface area contributed by atoms with Gasteiger partial charge in [-0.25, -0.2) is 14.4 Å². The van der Waals surface area contributed by atoms with E-state index in [1.165, 1.54) is 6.07 Å². The molecule has 0 aliphatic carbocycles. The predicted octanol–water partition coefficient (Wildman–Crippen LogP) is 4.20. The van der Waals surface area contributed by atoms with Crippen molar-refractivity contribution in [3.8, 4) is 0 Å². The number of hydrogen-bond donors (Lipinski definition) is 0. The van der Waals surface area contributed by atoms with Crippen LogP contribution in [0.25, 0.3) is 10.9 Å². The second-order valence-electron chi connectivity index (χ2n) is 3.12. The molecule has 8 heteroatoms. The summed E-state index contributed by atoms with van der Waals surface area (Å²) in [5.74, 6) is -2.11. The molecule has 17 heavy (non-hydrogen) atoms. The van der Waals surface area contributed by atoms with Crippen LogP contribution < -0.4 is 0 Å². The summed E-state index contributed by atoms with van der Waals surface area (Å²) in [7, 11) is 0. The van der Waals surface area contributed by atoms with Crippen LogP contribution in [0.15, 0.2) is 16.6 Å². The number of nitrogens with zero attached hydrogens (tertiary/aromatic N) is 2. The molecule has 0 amide bonds. The van der Waals surface area contributed by atoms with E-state index in [4.69, 9.17) is 11.6 Å². The van der Waals surface area contributed by atoms with E-state index in [2.05, 4.69) is 25.9 Å². The first-order chi connectivity index (χ1) is 7.79. The molecule has 0 aliphatic rings. The van der Waals surface area contributed by atoms with E-state index in [0.717, 1.165) is 6.07 Å². The van der Waals surface area contributed by atoms with Gasteiger partial charge < -0.3 is 0 Å². The van der Waals surface area contributed by atoms with Gasteiger partial charge in [-0.1, -0.05) is 11.6 Å². The van der Waals surface area contributed by atoms with Crippen LogP contribution in [0.2, 0.25) is 5.15 Å². The van der Waals surface area contributed by atoms with Gasteiger partial charge in [0.25, 0.3) is 0 Å². The lowest BCUT2D eigenvalue weighted by Crippen LogP contribution is -2.11. The normalized spacial score (nSPS) is 12.1. The molecule has 0 saturated heterocycles. The molecule has 0 N–H and O–H groups in total. The Morgan fingerprint density at radius 2 is 1.82 bits per heavy atom. The maximum atomic E-state index is 13.2. The van der Waals surface area contributed by atoms with E-state index in [9.17, 15) is 17.6 Å². The minimum absolute atomic E-state index is 0.0789. The molecule has 0 radical (unpaired) electrons. The lowest BCUT2D eigenvalue weighted by molar-refractivity contribution is -0.144. The van der Waals surface area contributed by atoms with E-state index in [0.29, 0.717) is 0 Å². The minimum atomic E-state index is -4.72. The Balaban J connectivity index is 2.78. The maximum absolute atomic E-state index is 13.2. The summed E-state index contributed by atoms with van der Waals surface area (Å²) in [4.78, 5) is 6.36. The highest BCUT2D eigenvalue weighted by Gasteiger charge is 2.35. The first-order valence-corrected chi connectivity index (χ1v) is 5.35. The van der Waals surface area contributed by atoms with E-state index in [1.807, 2.05) is 0 Å². The standard InChI is InChI=1S/C9H2BrClF4N2/c10-4-1-3-6(2-5(4)12)16-8(9(13,14)15)17-7(3)11/h1-2H. The number of halogens is 6. The summed E-state index contributed by atoms with van der Waals surface area (Å²) in [6.45, 7) is 0. The summed E-state index contributed by atoms with van der Waals surface area (Å²) >= 11 is 8.50. The fourth-order valence-electron chi connectivity index (χ4n) is 1.21. The smallest absolute Gasteiger partial charge is 0.224 e. The van der Waals surface area contributed by atoms with Crippen molar-refractivity contribution < 1.29 is 17.6 Å². The van der Waals surface area contributed by atoms with Crippen molar-refractivity contribution >= 4 is 38.4 Å². The highest BCUT2D eigenvalue weighted by Crippen LogP contribution is 2.32. The van der Waals surface area contributed by atoms with Crippen LogP contribution in [0, 0.1) is 5.82 Å². The Labute approximate surface area is 106 Å². The van der Waals surface area contributed by atoms with Crippen LogP contribution in [-0.4, -0.2) is 9.97 Å². The molecule has 2 nitrogen and oxygen atoms in total. The maximum Gasteiger partial charge on any atom is 0.451 e. The minimum Gasteiger partial charge on any atom is -0.224 e. The third-order valence-corrected chi connectivity index (χ3v) is 2.84. The van der Waals surface area contributed by atoms with Crippen LogP contribution in [-0.2, 0) is 6.18 Å². The zero-order chi connectivity index (χ0) is 12.8. The van der Waals surface area contributed by atoms with Gasteiger partial charge in [0.15, 0.2) is 0 Å². The molecule has 1 heterocycles. The Kier molecular flexibility index (Phi) is 2.99. The van der Waals surface area contributed by atoms with Gasteiger partial charge in [0.2, 0.25) is 5.82 Å². The van der Waals surface area contributed by atoms with Crippen LogP contribution in [0.4, 0.5) is 17.6 Å².